The summed E-state index contributed by atoms with van der Waals surface area (Å²) in [5.41, 5.74) is 7.95. The average Bonchev–Trinajstić information content (AvgIpc) is 2.85. The SMILES string of the molecule is Clc1ccc(-c2cccc(-c3cnc(-c4ccccc4)c(-c4ccccc4)n3)c2)cc1. The molecule has 0 saturated carbocycles. The van der Waals surface area contributed by atoms with Gasteiger partial charge in [0.15, 0.2) is 0 Å². The molecule has 0 aliphatic carbocycles. The number of rotatable bonds is 4. The van der Waals surface area contributed by atoms with E-state index in [1.165, 1.54) is 0 Å². The molecule has 2 nitrogen and oxygen atoms in total. The van der Waals surface area contributed by atoms with Crippen LogP contribution in [0.25, 0.3) is 44.9 Å². The van der Waals surface area contributed by atoms with Crippen LogP contribution in [0, 0.1) is 0 Å². The molecule has 1 heterocycles. The van der Waals surface area contributed by atoms with Crippen LogP contribution in [-0.2, 0) is 0 Å². The average molecular weight is 419 g/mol. The quantitative estimate of drug-likeness (QED) is 0.297. The second-order valence-corrected chi connectivity index (χ2v) is 7.71. The zero-order chi connectivity index (χ0) is 21.0. The number of aromatic nitrogens is 2. The van der Waals surface area contributed by atoms with E-state index in [1.807, 2.05) is 72.9 Å². The fourth-order valence-corrected chi connectivity index (χ4v) is 3.76. The summed E-state index contributed by atoms with van der Waals surface area (Å²) in [5.74, 6) is 0. The van der Waals surface area contributed by atoms with Gasteiger partial charge in [0.1, 0.15) is 0 Å². The van der Waals surface area contributed by atoms with Crippen LogP contribution in [0.5, 0.6) is 0 Å². The van der Waals surface area contributed by atoms with Crippen LogP contribution in [-0.4, -0.2) is 9.97 Å². The van der Waals surface area contributed by atoms with Crippen LogP contribution < -0.4 is 0 Å². The molecule has 0 amide bonds. The maximum absolute atomic E-state index is 6.05. The van der Waals surface area contributed by atoms with Gasteiger partial charge in [0, 0.05) is 21.7 Å². The lowest BCUT2D eigenvalue weighted by Gasteiger charge is -2.12. The number of hydrogen-bond donors (Lipinski definition) is 0. The molecule has 1 aromatic heterocycles. The van der Waals surface area contributed by atoms with Crippen molar-refractivity contribution in [3.8, 4) is 44.9 Å². The first-order valence-corrected chi connectivity index (χ1v) is 10.5. The Balaban J connectivity index is 1.63. The molecule has 4 aromatic carbocycles. The van der Waals surface area contributed by atoms with Gasteiger partial charge in [-0.2, -0.15) is 0 Å². The van der Waals surface area contributed by atoms with Crippen molar-refractivity contribution in [2.75, 3.05) is 0 Å². The minimum Gasteiger partial charge on any atom is -0.252 e. The first-order chi connectivity index (χ1) is 15.3. The van der Waals surface area contributed by atoms with Crippen LogP contribution in [0.4, 0.5) is 0 Å². The van der Waals surface area contributed by atoms with Crippen LogP contribution in [0.1, 0.15) is 0 Å². The normalized spacial score (nSPS) is 10.7. The van der Waals surface area contributed by atoms with Gasteiger partial charge in [-0.25, -0.2) is 4.98 Å². The van der Waals surface area contributed by atoms with E-state index in [-0.39, 0.29) is 0 Å². The van der Waals surface area contributed by atoms with Crippen molar-refractivity contribution in [1.82, 2.24) is 9.97 Å². The summed E-state index contributed by atoms with van der Waals surface area (Å²) in [5, 5.41) is 0.731. The molecular formula is C28H19ClN2. The van der Waals surface area contributed by atoms with E-state index < -0.39 is 0 Å². The largest absolute Gasteiger partial charge is 0.252 e. The van der Waals surface area contributed by atoms with Crippen molar-refractivity contribution in [1.29, 1.82) is 0 Å². The molecule has 0 aliphatic rings. The maximum atomic E-state index is 6.05. The summed E-state index contributed by atoms with van der Waals surface area (Å²) in [6, 6.07) is 36.6. The van der Waals surface area contributed by atoms with Gasteiger partial charge in [-0.1, -0.05) is 103 Å². The highest BCUT2D eigenvalue weighted by molar-refractivity contribution is 6.30. The standard InChI is InChI=1S/C28H19ClN2/c29-25-16-14-20(15-17-25)23-12-7-13-24(18-23)26-19-30-27(21-8-3-1-4-9-21)28(31-26)22-10-5-2-6-11-22/h1-19H. The molecule has 0 radical (unpaired) electrons. The molecule has 5 aromatic rings. The Kier molecular flexibility index (Phi) is 5.30. The third-order valence-corrected chi connectivity index (χ3v) is 5.45. The second kappa shape index (κ2) is 8.55. The summed E-state index contributed by atoms with van der Waals surface area (Å²) in [6.45, 7) is 0. The van der Waals surface area contributed by atoms with Gasteiger partial charge in [0.2, 0.25) is 0 Å². The zero-order valence-electron chi connectivity index (χ0n) is 16.7. The Morgan fingerprint density at radius 1 is 0.484 bits per heavy atom. The molecule has 0 aliphatic heterocycles. The Hall–Kier alpha value is -3.75. The Labute approximate surface area is 186 Å². The third kappa shape index (κ3) is 4.11. The van der Waals surface area contributed by atoms with Crippen molar-refractivity contribution < 1.29 is 0 Å². The van der Waals surface area contributed by atoms with Crippen molar-refractivity contribution in [3.05, 3.63) is 120 Å². The Morgan fingerprint density at radius 3 is 1.74 bits per heavy atom. The third-order valence-electron chi connectivity index (χ3n) is 5.20. The van der Waals surface area contributed by atoms with E-state index in [9.17, 15) is 0 Å². The predicted molar refractivity (Wildman–Crippen MR) is 129 cm³/mol. The Morgan fingerprint density at radius 2 is 1.06 bits per heavy atom. The van der Waals surface area contributed by atoms with Gasteiger partial charge >= 0.3 is 0 Å². The fourth-order valence-electron chi connectivity index (χ4n) is 3.63. The second-order valence-electron chi connectivity index (χ2n) is 7.27. The lowest BCUT2D eigenvalue weighted by molar-refractivity contribution is 1.21. The van der Waals surface area contributed by atoms with Gasteiger partial charge in [-0.15, -0.1) is 0 Å². The molecule has 0 N–H and O–H groups in total. The van der Waals surface area contributed by atoms with Gasteiger partial charge in [-0.05, 0) is 29.3 Å². The number of halogens is 1. The highest BCUT2D eigenvalue weighted by atomic mass is 35.5. The molecule has 0 bridgehead atoms. The van der Waals surface area contributed by atoms with Crippen LogP contribution in [0.3, 0.4) is 0 Å². The Bertz CT molecular complexity index is 1310. The van der Waals surface area contributed by atoms with E-state index in [0.717, 1.165) is 49.9 Å². The fraction of sp³-hybridized carbons (Fsp3) is 0. The highest BCUT2D eigenvalue weighted by Crippen LogP contribution is 2.32. The van der Waals surface area contributed by atoms with Crippen molar-refractivity contribution in [2.45, 2.75) is 0 Å². The van der Waals surface area contributed by atoms with Crippen LogP contribution in [0.2, 0.25) is 5.02 Å². The lowest BCUT2D eigenvalue weighted by atomic mass is 10.0. The van der Waals surface area contributed by atoms with Gasteiger partial charge in [0.25, 0.3) is 0 Å². The van der Waals surface area contributed by atoms with Gasteiger partial charge in [0.05, 0.1) is 23.3 Å². The lowest BCUT2D eigenvalue weighted by Crippen LogP contribution is -1.96. The first-order valence-electron chi connectivity index (χ1n) is 10.1. The molecule has 31 heavy (non-hydrogen) atoms. The number of nitrogens with zero attached hydrogens (tertiary/aromatic N) is 2. The van der Waals surface area contributed by atoms with Crippen LogP contribution >= 0.6 is 11.6 Å². The van der Waals surface area contributed by atoms with E-state index in [4.69, 9.17) is 21.6 Å². The van der Waals surface area contributed by atoms with Crippen molar-refractivity contribution in [3.63, 3.8) is 0 Å². The van der Waals surface area contributed by atoms with Gasteiger partial charge in [-0.3, -0.25) is 4.98 Å². The number of hydrogen-bond acceptors (Lipinski definition) is 2. The molecule has 0 spiro atoms. The summed E-state index contributed by atoms with van der Waals surface area (Å²) in [4.78, 5) is 9.89. The van der Waals surface area contributed by atoms with E-state index in [0.29, 0.717) is 0 Å². The van der Waals surface area contributed by atoms with Crippen molar-refractivity contribution >= 4 is 11.6 Å². The topological polar surface area (TPSA) is 25.8 Å². The summed E-state index contributed by atoms with van der Waals surface area (Å²) in [7, 11) is 0. The maximum Gasteiger partial charge on any atom is 0.0972 e. The molecule has 0 atom stereocenters. The highest BCUT2D eigenvalue weighted by Gasteiger charge is 2.13. The smallest absolute Gasteiger partial charge is 0.0972 e. The molecule has 0 fully saturated rings. The summed E-state index contributed by atoms with van der Waals surface area (Å²) in [6.07, 6.45) is 1.86. The van der Waals surface area contributed by atoms with E-state index >= 15 is 0 Å². The molecule has 0 saturated heterocycles. The minimum absolute atomic E-state index is 0.731. The summed E-state index contributed by atoms with van der Waals surface area (Å²) < 4.78 is 0. The van der Waals surface area contributed by atoms with E-state index in [2.05, 4.69) is 42.5 Å². The monoisotopic (exact) mass is 418 g/mol. The predicted octanol–water partition coefficient (Wildman–Crippen LogP) is 7.80. The van der Waals surface area contributed by atoms with Crippen LogP contribution in [0.15, 0.2) is 115 Å². The van der Waals surface area contributed by atoms with Gasteiger partial charge < -0.3 is 0 Å². The molecule has 3 heteroatoms. The van der Waals surface area contributed by atoms with Crippen molar-refractivity contribution in [2.24, 2.45) is 0 Å². The number of benzene rings is 4. The summed E-state index contributed by atoms with van der Waals surface area (Å²) >= 11 is 6.05. The molecular weight excluding hydrogens is 400 g/mol. The molecule has 5 rings (SSSR count). The zero-order valence-corrected chi connectivity index (χ0v) is 17.5. The molecule has 0 unspecified atom stereocenters. The molecule has 148 valence electrons. The van der Waals surface area contributed by atoms with E-state index in [1.54, 1.807) is 0 Å². The minimum atomic E-state index is 0.731. The first kappa shape index (κ1) is 19.2.